The zero-order chi connectivity index (χ0) is 35.8. The summed E-state index contributed by atoms with van der Waals surface area (Å²) in [7, 11) is 1.71. The van der Waals surface area contributed by atoms with Crippen LogP contribution >= 0.6 is 39.5 Å². The molecule has 0 amide bonds. The highest BCUT2D eigenvalue weighted by Gasteiger charge is 2.34. The summed E-state index contributed by atoms with van der Waals surface area (Å²) in [6, 6.07) is 15.3. The van der Waals surface area contributed by atoms with E-state index in [0.29, 0.717) is 40.2 Å². The van der Waals surface area contributed by atoms with Gasteiger partial charge in [-0.15, -0.1) is 0 Å². The molecule has 0 saturated heterocycles. The number of halogens is 3. The normalized spacial score (nSPS) is 13.1. The minimum absolute atomic E-state index is 0.0136. The van der Waals surface area contributed by atoms with E-state index in [2.05, 4.69) is 27.8 Å². The standard InChI is InChI=1S/C37H39BrF2N4O4S2/c1-5-47-35(46)23(2)19-24-7-6-8-25(20-24)37(3,12-15-49-17-18-50-16-14-45)36-42-34(44(4)43-36)28-21-26(9-10-29(28)39)48-33-30(40)22-31-27(32(33)38)11-13-41-31/h6-11,13,19-22,41,45H,5,12,14-18H2,1-4H3/b23-19+. The summed E-state index contributed by atoms with van der Waals surface area (Å²) in [5.41, 5.74) is 2.34. The second-order valence-corrected chi connectivity index (χ2v) is 15.0. The van der Waals surface area contributed by atoms with Gasteiger partial charge in [-0.1, -0.05) is 24.3 Å². The zero-order valence-corrected chi connectivity index (χ0v) is 31.5. The Morgan fingerprint density at radius 2 is 1.86 bits per heavy atom. The number of aromatic nitrogens is 4. The average molecular weight is 786 g/mol. The van der Waals surface area contributed by atoms with E-state index in [4.69, 9.17) is 24.7 Å². The largest absolute Gasteiger partial charge is 0.463 e. The number of ether oxygens (including phenoxy) is 2. The van der Waals surface area contributed by atoms with Crippen molar-refractivity contribution in [1.82, 2.24) is 19.7 Å². The molecule has 0 bridgehead atoms. The molecule has 1 atom stereocenters. The number of benzene rings is 3. The van der Waals surface area contributed by atoms with Gasteiger partial charge in [0.25, 0.3) is 0 Å². The van der Waals surface area contributed by atoms with Crippen LogP contribution in [0.15, 0.2) is 70.8 Å². The van der Waals surface area contributed by atoms with Crippen molar-refractivity contribution in [3.63, 3.8) is 0 Å². The van der Waals surface area contributed by atoms with Crippen LogP contribution in [0.5, 0.6) is 11.5 Å². The number of esters is 1. The quantitative estimate of drug-likeness (QED) is 0.0582. The zero-order valence-electron chi connectivity index (χ0n) is 28.3. The van der Waals surface area contributed by atoms with E-state index >= 15 is 8.78 Å². The lowest BCUT2D eigenvalue weighted by molar-refractivity contribution is -0.138. The van der Waals surface area contributed by atoms with E-state index in [1.165, 1.54) is 24.3 Å². The van der Waals surface area contributed by atoms with Crippen LogP contribution in [0.1, 0.15) is 44.1 Å². The third-order valence-electron chi connectivity index (χ3n) is 8.22. The summed E-state index contributed by atoms with van der Waals surface area (Å²) in [6.45, 7) is 6.02. The highest BCUT2D eigenvalue weighted by Crippen LogP contribution is 2.40. The Morgan fingerprint density at radius 3 is 2.62 bits per heavy atom. The van der Waals surface area contributed by atoms with Gasteiger partial charge in [0.15, 0.2) is 23.2 Å². The number of thioether (sulfide) groups is 2. The molecule has 0 radical (unpaired) electrons. The van der Waals surface area contributed by atoms with Crippen molar-refractivity contribution in [3.05, 3.63) is 99.4 Å². The molecular formula is C37H39BrF2N4O4S2. The molecule has 2 N–H and O–H groups in total. The predicted octanol–water partition coefficient (Wildman–Crippen LogP) is 8.92. The van der Waals surface area contributed by atoms with Crippen LogP contribution in [0.2, 0.25) is 0 Å². The van der Waals surface area contributed by atoms with Crippen LogP contribution in [-0.4, -0.2) is 67.0 Å². The van der Waals surface area contributed by atoms with Crippen LogP contribution in [0.3, 0.4) is 0 Å². The van der Waals surface area contributed by atoms with Gasteiger partial charge in [-0.25, -0.2) is 23.2 Å². The lowest BCUT2D eigenvalue weighted by atomic mass is 9.78. The number of hydrogen-bond acceptors (Lipinski definition) is 8. The number of aromatic amines is 1. The van der Waals surface area contributed by atoms with Crippen LogP contribution in [0, 0.1) is 11.6 Å². The van der Waals surface area contributed by atoms with E-state index < -0.39 is 17.0 Å². The minimum atomic E-state index is -0.687. The monoisotopic (exact) mass is 784 g/mol. The number of H-pyrrole nitrogens is 1. The molecule has 0 aliphatic rings. The Morgan fingerprint density at radius 1 is 1.08 bits per heavy atom. The number of aryl methyl sites for hydroxylation is 1. The fourth-order valence-electron chi connectivity index (χ4n) is 5.49. The molecule has 2 heterocycles. The van der Waals surface area contributed by atoms with E-state index in [9.17, 15) is 4.79 Å². The van der Waals surface area contributed by atoms with Gasteiger partial charge in [0.05, 0.1) is 28.7 Å². The van der Waals surface area contributed by atoms with Gasteiger partial charge in [-0.3, -0.25) is 0 Å². The number of carbonyl (C=O) groups excluding carboxylic acids is 1. The first kappa shape index (κ1) is 37.6. The van der Waals surface area contributed by atoms with Gasteiger partial charge in [0, 0.05) is 53.0 Å². The van der Waals surface area contributed by atoms with Crippen molar-refractivity contribution in [2.24, 2.45) is 7.05 Å². The molecule has 264 valence electrons. The molecular weight excluding hydrogens is 746 g/mol. The maximum Gasteiger partial charge on any atom is 0.333 e. The molecule has 0 aliphatic carbocycles. The highest BCUT2D eigenvalue weighted by molar-refractivity contribution is 9.10. The van der Waals surface area contributed by atoms with E-state index in [1.807, 2.05) is 42.1 Å². The Labute approximate surface area is 307 Å². The molecule has 5 aromatic rings. The SMILES string of the molecule is CCOC(=O)/C(C)=C/c1cccc(C(C)(CCSCCSCCO)c2nc(-c3cc(Oc4c(F)cc5[nH]ccc5c4Br)ccc3F)n(C)n2)c1. The third-order valence-corrected chi connectivity index (χ3v) is 11.2. The van der Waals surface area contributed by atoms with Crippen molar-refractivity contribution in [2.45, 2.75) is 32.6 Å². The van der Waals surface area contributed by atoms with Gasteiger partial charge in [0.2, 0.25) is 0 Å². The smallest absolute Gasteiger partial charge is 0.333 e. The number of aliphatic hydroxyl groups is 1. The molecule has 3 aromatic carbocycles. The van der Waals surface area contributed by atoms with Crippen molar-refractivity contribution in [2.75, 3.05) is 36.2 Å². The van der Waals surface area contributed by atoms with Crippen molar-refractivity contribution in [1.29, 1.82) is 0 Å². The third kappa shape index (κ3) is 8.62. The van der Waals surface area contributed by atoms with Gasteiger partial charge in [0.1, 0.15) is 11.6 Å². The summed E-state index contributed by atoms with van der Waals surface area (Å²) in [4.78, 5) is 20.2. The van der Waals surface area contributed by atoms with Gasteiger partial charge in [-0.2, -0.15) is 28.6 Å². The van der Waals surface area contributed by atoms with Crippen LogP contribution in [-0.2, 0) is 22.0 Å². The van der Waals surface area contributed by atoms with Gasteiger partial charge >= 0.3 is 5.97 Å². The van der Waals surface area contributed by atoms with E-state index in [-0.39, 0.29) is 35.5 Å². The van der Waals surface area contributed by atoms with Crippen LogP contribution in [0.4, 0.5) is 8.78 Å². The fraction of sp³-hybridized carbons (Fsp3) is 0.324. The molecule has 0 aliphatic heterocycles. The number of aliphatic hydroxyl groups excluding tert-OH is 1. The Hall–Kier alpha value is -3.65. The summed E-state index contributed by atoms with van der Waals surface area (Å²) in [6.07, 6.45) is 4.18. The molecule has 1 unspecified atom stereocenters. The number of rotatable bonds is 16. The van der Waals surface area contributed by atoms with Gasteiger partial charge in [-0.05, 0) is 90.3 Å². The van der Waals surface area contributed by atoms with Crippen LogP contribution < -0.4 is 4.74 Å². The second kappa shape index (κ2) is 17.0. The maximum atomic E-state index is 15.5. The van der Waals surface area contributed by atoms with Crippen molar-refractivity contribution >= 4 is 62.4 Å². The Balaban J connectivity index is 1.49. The Bertz CT molecular complexity index is 2000. The molecule has 13 heteroatoms. The molecule has 0 spiro atoms. The number of hydrogen-bond donors (Lipinski definition) is 2. The highest BCUT2D eigenvalue weighted by atomic mass is 79.9. The molecule has 0 saturated carbocycles. The molecule has 0 fully saturated rings. The van der Waals surface area contributed by atoms with Crippen molar-refractivity contribution < 1.29 is 28.2 Å². The predicted molar refractivity (Wildman–Crippen MR) is 202 cm³/mol. The summed E-state index contributed by atoms with van der Waals surface area (Å²) in [5.74, 6) is 2.90. The maximum absolute atomic E-state index is 15.5. The second-order valence-electron chi connectivity index (χ2n) is 11.8. The topological polar surface area (TPSA) is 102 Å². The van der Waals surface area contributed by atoms with Crippen LogP contribution in [0.25, 0.3) is 28.4 Å². The number of carbonyl (C=O) groups is 1. The minimum Gasteiger partial charge on any atom is -0.463 e. The number of nitrogens with one attached hydrogen (secondary N) is 1. The summed E-state index contributed by atoms with van der Waals surface area (Å²) < 4.78 is 43.7. The average Bonchev–Trinajstić information content (AvgIpc) is 3.74. The number of fused-ring (bicyclic) bond motifs is 1. The Kier molecular flexibility index (Phi) is 12.8. The first-order chi connectivity index (χ1) is 24.0. The molecule has 50 heavy (non-hydrogen) atoms. The molecule has 8 nitrogen and oxygen atoms in total. The first-order valence-electron chi connectivity index (χ1n) is 16.1. The molecule has 5 rings (SSSR count). The lowest BCUT2D eigenvalue weighted by Crippen LogP contribution is -2.27. The van der Waals surface area contributed by atoms with Gasteiger partial charge < -0.3 is 19.6 Å². The summed E-state index contributed by atoms with van der Waals surface area (Å²) in [5, 5.41) is 14.7. The first-order valence-corrected chi connectivity index (χ1v) is 19.2. The number of nitrogens with zero attached hydrogens (tertiary/aromatic N) is 3. The summed E-state index contributed by atoms with van der Waals surface area (Å²) >= 11 is 6.98. The molecule has 2 aromatic heterocycles. The fourth-order valence-corrected chi connectivity index (χ4v) is 8.14. The van der Waals surface area contributed by atoms with E-state index in [1.54, 1.807) is 49.6 Å². The van der Waals surface area contributed by atoms with E-state index in [0.717, 1.165) is 33.8 Å². The van der Waals surface area contributed by atoms with Crippen molar-refractivity contribution in [3.8, 4) is 22.9 Å². The lowest BCUT2D eigenvalue weighted by Gasteiger charge is -2.27.